The maximum Gasteiger partial charge on any atom is 0.261 e. The summed E-state index contributed by atoms with van der Waals surface area (Å²) in [6, 6.07) is 3.61. The van der Waals surface area contributed by atoms with Crippen LogP contribution in [0, 0.1) is 0 Å². The van der Waals surface area contributed by atoms with E-state index in [0.717, 1.165) is 6.42 Å². The Hall–Kier alpha value is -1.40. The van der Waals surface area contributed by atoms with E-state index in [0.29, 0.717) is 37.1 Å². The molecule has 5 nitrogen and oxygen atoms in total. The van der Waals surface area contributed by atoms with E-state index in [1.165, 1.54) is 43.4 Å². The van der Waals surface area contributed by atoms with E-state index in [1.807, 2.05) is 11.4 Å². The fourth-order valence-corrected chi connectivity index (χ4v) is 3.29. The fraction of sp³-hybridized carbons (Fsp3) is 0.647. The maximum atomic E-state index is 11.7. The van der Waals surface area contributed by atoms with E-state index in [9.17, 15) is 9.59 Å². The Morgan fingerprint density at radius 1 is 1.17 bits per heavy atom. The third-order valence-electron chi connectivity index (χ3n) is 3.93. The van der Waals surface area contributed by atoms with Gasteiger partial charge in [-0.25, -0.2) is 0 Å². The van der Waals surface area contributed by atoms with Gasteiger partial charge in [-0.1, -0.05) is 25.3 Å². The molecular formula is C17H26N2O3S. The molecule has 2 rings (SSSR count). The van der Waals surface area contributed by atoms with Crippen LogP contribution in [0.25, 0.3) is 0 Å². The lowest BCUT2D eigenvalue weighted by Crippen LogP contribution is -2.31. The van der Waals surface area contributed by atoms with Crippen LogP contribution in [-0.2, 0) is 9.53 Å². The quantitative estimate of drug-likeness (QED) is 0.680. The highest BCUT2D eigenvalue weighted by molar-refractivity contribution is 7.12. The molecule has 1 fully saturated rings. The molecule has 6 heteroatoms. The molecule has 128 valence electrons. The van der Waals surface area contributed by atoms with Gasteiger partial charge in [-0.2, -0.15) is 0 Å². The normalized spacial score (nSPS) is 15.3. The number of thiophene rings is 1. The SMILES string of the molecule is O=C(CCNC(=O)c1cccs1)NCCCOC1CCCCC1. The predicted octanol–water partition coefficient (Wildman–Crippen LogP) is 2.72. The highest BCUT2D eigenvalue weighted by Gasteiger charge is 2.13. The second-order valence-corrected chi connectivity index (χ2v) is 6.77. The summed E-state index contributed by atoms with van der Waals surface area (Å²) in [6.07, 6.45) is 7.81. The Kier molecular flexibility index (Phi) is 8.11. The summed E-state index contributed by atoms with van der Waals surface area (Å²) in [5.74, 6) is -0.150. The van der Waals surface area contributed by atoms with Crippen molar-refractivity contribution in [1.82, 2.24) is 10.6 Å². The summed E-state index contributed by atoms with van der Waals surface area (Å²) in [7, 11) is 0. The number of carbonyl (C=O) groups excluding carboxylic acids is 2. The average molecular weight is 338 g/mol. The molecule has 0 spiro atoms. The van der Waals surface area contributed by atoms with Gasteiger partial charge in [-0.05, 0) is 30.7 Å². The van der Waals surface area contributed by atoms with E-state index in [-0.39, 0.29) is 11.8 Å². The second kappa shape index (κ2) is 10.4. The summed E-state index contributed by atoms with van der Waals surface area (Å²) in [4.78, 5) is 24.0. The van der Waals surface area contributed by atoms with Crippen molar-refractivity contribution in [2.75, 3.05) is 19.7 Å². The molecule has 0 aromatic carbocycles. The van der Waals surface area contributed by atoms with Crippen molar-refractivity contribution in [1.29, 1.82) is 0 Å². The Morgan fingerprint density at radius 2 is 2.00 bits per heavy atom. The van der Waals surface area contributed by atoms with E-state index in [2.05, 4.69) is 10.6 Å². The van der Waals surface area contributed by atoms with Crippen molar-refractivity contribution in [3.8, 4) is 0 Å². The standard InChI is InChI=1S/C17H26N2O3S/c20-16(9-11-19-17(21)15-8-4-13-23-15)18-10-5-12-22-14-6-2-1-3-7-14/h4,8,13-14H,1-3,5-7,9-12H2,(H,18,20)(H,19,21). The molecule has 1 aromatic heterocycles. The Labute approximate surface area is 141 Å². The number of amides is 2. The van der Waals surface area contributed by atoms with Crippen LogP contribution in [0.15, 0.2) is 17.5 Å². The van der Waals surface area contributed by atoms with E-state index in [4.69, 9.17) is 4.74 Å². The minimum absolute atomic E-state index is 0.0332. The number of hydrogen-bond acceptors (Lipinski definition) is 4. The van der Waals surface area contributed by atoms with Crippen LogP contribution in [0.4, 0.5) is 0 Å². The van der Waals surface area contributed by atoms with Crippen molar-refractivity contribution >= 4 is 23.2 Å². The highest BCUT2D eigenvalue weighted by Crippen LogP contribution is 2.20. The molecule has 1 saturated carbocycles. The van der Waals surface area contributed by atoms with Gasteiger partial charge >= 0.3 is 0 Å². The first-order valence-corrected chi connectivity index (χ1v) is 9.33. The Morgan fingerprint density at radius 3 is 2.74 bits per heavy atom. The molecule has 23 heavy (non-hydrogen) atoms. The van der Waals surface area contributed by atoms with Crippen LogP contribution in [0.2, 0.25) is 0 Å². The third kappa shape index (κ3) is 7.14. The molecule has 2 amide bonds. The van der Waals surface area contributed by atoms with Gasteiger partial charge in [-0.15, -0.1) is 11.3 Å². The molecule has 0 saturated heterocycles. The van der Waals surface area contributed by atoms with Gasteiger partial charge < -0.3 is 15.4 Å². The lowest BCUT2D eigenvalue weighted by molar-refractivity contribution is -0.121. The van der Waals surface area contributed by atoms with Gasteiger partial charge in [0, 0.05) is 26.1 Å². The Balaban J connectivity index is 1.44. The van der Waals surface area contributed by atoms with E-state index < -0.39 is 0 Å². The number of nitrogens with one attached hydrogen (secondary N) is 2. The van der Waals surface area contributed by atoms with Crippen molar-refractivity contribution in [3.05, 3.63) is 22.4 Å². The third-order valence-corrected chi connectivity index (χ3v) is 4.80. The molecule has 1 aliphatic carbocycles. The first-order valence-electron chi connectivity index (χ1n) is 8.45. The molecular weight excluding hydrogens is 312 g/mol. The number of rotatable bonds is 9. The molecule has 0 radical (unpaired) electrons. The molecule has 1 aliphatic rings. The monoisotopic (exact) mass is 338 g/mol. The van der Waals surface area contributed by atoms with Crippen molar-refractivity contribution < 1.29 is 14.3 Å². The van der Waals surface area contributed by atoms with Crippen molar-refractivity contribution in [3.63, 3.8) is 0 Å². The zero-order valence-electron chi connectivity index (χ0n) is 13.5. The topological polar surface area (TPSA) is 67.4 Å². The van der Waals surface area contributed by atoms with E-state index in [1.54, 1.807) is 6.07 Å². The van der Waals surface area contributed by atoms with Gasteiger partial charge in [0.25, 0.3) is 5.91 Å². The molecule has 1 aromatic rings. The molecule has 0 aliphatic heterocycles. The van der Waals surface area contributed by atoms with Crippen molar-refractivity contribution in [2.45, 2.75) is 51.0 Å². The van der Waals surface area contributed by atoms with E-state index >= 15 is 0 Å². The van der Waals surface area contributed by atoms with Gasteiger partial charge in [-0.3, -0.25) is 9.59 Å². The van der Waals surface area contributed by atoms with Crippen LogP contribution in [0.5, 0.6) is 0 Å². The highest BCUT2D eigenvalue weighted by atomic mass is 32.1. The second-order valence-electron chi connectivity index (χ2n) is 5.82. The maximum absolute atomic E-state index is 11.7. The zero-order chi connectivity index (χ0) is 16.3. The molecule has 0 bridgehead atoms. The number of carbonyl (C=O) groups is 2. The van der Waals surface area contributed by atoms with Gasteiger partial charge in [0.2, 0.25) is 5.91 Å². The summed E-state index contributed by atoms with van der Waals surface area (Å²) in [5.41, 5.74) is 0. The van der Waals surface area contributed by atoms with Gasteiger partial charge in [0.15, 0.2) is 0 Å². The van der Waals surface area contributed by atoms with Crippen molar-refractivity contribution in [2.24, 2.45) is 0 Å². The lowest BCUT2D eigenvalue weighted by Gasteiger charge is -2.21. The first-order chi connectivity index (χ1) is 11.3. The van der Waals surface area contributed by atoms with Crippen LogP contribution >= 0.6 is 11.3 Å². The van der Waals surface area contributed by atoms with Gasteiger partial charge in [0.05, 0.1) is 11.0 Å². The van der Waals surface area contributed by atoms with Crippen LogP contribution in [0.1, 0.15) is 54.6 Å². The summed E-state index contributed by atoms with van der Waals surface area (Å²) < 4.78 is 5.81. The average Bonchev–Trinajstić information content (AvgIpc) is 3.10. The summed E-state index contributed by atoms with van der Waals surface area (Å²) in [5, 5.41) is 7.47. The zero-order valence-corrected chi connectivity index (χ0v) is 14.3. The Bertz CT molecular complexity index is 470. The van der Waals surface area contributed by atoms with Gasteiger partial charge in [0.1, 0.15) is 0 Å². The summed E-state index contributed by atoms with van der Waals surface area (Å²) >= 11 is 1.39. The lowest BCUT2D eigenvalue weighted by atomic mass is 9.98. The minimum Gasteiger partial charge on any atom is -0.378 e. The van der Waals surface area contributed by atoms with Crippen LogP contribution < -0.4 is 10.6 Å². The number of hydrogen-bond donors (Lipinski definition) is 2. The van der Waals surface area contributed by atoms with Crippen LogP contribution in [0.3, 0.4) is 0 Å². The molecule has 1 heterocycles. The number of ether oxygens (including phenoxy) is 1. The predicted molar refractivity (Wildman–Crippen MR) is 91.7 cm³/mol. The molecule has 0 atom stereocenters. The largest absolute Gasteiger partial charge is 0.378 e. The minimum atomic E-state index is -0.117. The molecule has 2 N–H and O–H groups in total. The van der Waals surface area contributed by atoms with Crippen LogP contribution in [-0.4, -0.2) is 37.6 Å². The smallest absolute Gasteiger partial charge is 0.261 e. The first kappa shape index (κ1) is 17.9. The fourth-order valence-electron chi connectivity index (χ4n) is 2.65. The molecule has 0 unspecified atom stereocenters. The summed E-state index contributed by atoms with van der Waals surface area (Å²) in [6.45, 7) is 1.70.